The lowest BCUT2D eigenvalue weighted by Crippen LogP contribution is -2.49. The molecule has 1 fully saturated rings. The maximum Gasteiger partial charge on any atom is 0.225 e. The number of methoxy groups -OCH3 is 1. The van der Waals surface area contributed by atoms with Crippen molar-refractivity contribution in [2.45, 2.75) is 39.7 Å². The highest BCUT2D eigenvalue weighted by molar-refractivity contribution is 5.85. The summed E-state index contributed by atoms with van der Waals surface area (Å²) in [6.07, 6.45) is 0.902. The Balaban J connectivity index is 2.26. The second kappa shape index (κ2) is 8.54. The Labute approximate surface area is 155 Å². The summed E-state index contributed by atoms with van der Waals surface area (Å²) in [5.74, 6) is 0.437. The molecule has 1 aliphatic heterocycles. The fraction of sp³-hybridized carbons (Fsp3) is 0.600. The smallest absolute Gasteiger partial charge is 0.225 e. The molecule has 0 unspecified atom stereocenters. The maximum atomic E-state index is 12.9. The molecule has 0 spiro atoms. The van der Waals surface area contributed by atoms with Gasteiger partial charge in [-0.15, -0.1) is 0 Å². The zero-order valence-electron chi connectivity index (χ0n) is 16.1. The van der Waals surface area contributed by atoms with Crippen molar-refractivity contribution >= 4 is 11.8 Å². The Morgan fingerprint density at radius 3 is 2.54 bits per heavy atom. The topological polar surface area (TPSA) is 78.9 Å². The van der Waals surface area contributed by atoms with E-state index < -0.39 is 0 Å². The first-order chi connectivity index (χ1) is 12.3. The van der Waals surface area contributed by atoms with Crippen molar-refractivity contribution in [2.24, 2.45) is 11.3 Å². The molecule has 26 heavy (non-hydrogen) atoms. The fourth-order valence-electron chi connectivity index (χ4n) is 3.33. The van der Waals surface area contributed by atoms with Crippen LogP contribution in [0.15, 0.2) is 24.3 Å². The van der Waals surface area contributed by atoms with Gasteiger partial charge in [-0.2, -0.15) is 0 Å². The van der Waals surface area contributed by atoms with Crippen LogP contribution in [0.25, 0.3) is 0 Å². The molecule has 0 aromatic heterocycles. The first kappa shape index (κ1) is 20.2. The number of amides is 2. The fourth-order valence-corrected chi connectivity index (χ4v) is 3.33. The van der Waals surface area contributed by atoms with Crippen molar-refractivity contribution in [1.29, 1.82) is 0 Å². The minimum Gasteiger partial charge on any atom is -0.497 e. The van der Waals surface area contributed by atoms with Gasteiger partial charge in [-0.3, -0.25) is 9.59 Å². The average molecular weight is 362 g/mol. The second-order valence-corrected chi connectivity index (χ2v) is 7.58. The van der Waals surface area contributed by atoms with Gasteiger partial charge in [0.2, 0.25) is 11.8 Å². The molecule has 1 aromatic rings. The van der Waals surface area contributed by atoms with Crippen molar-refractivity contribution in [2.75, 3.05) is 26.8 Å². The molecular formula is C20H30N2O4. The molecule has 0 bridgehead atoms. The van der Waals surface area contributed by atoms with Crippen LogP contribution >= 0.6 is 0 Å². The molecule has 6 nitrogen and oxygen atoms in total. The zero-order valence-corrected chi connectivity index (χ0v) is 16.1. The lowest BCUT2D eigenvalue weighted by molar-refractivity contribution is -0.143. The largest absolute Gasteiger partial charge is 0.497 e. The number of nitrogens with one attached hydrogen (secondary N) is 1. The summed E-state index contributed by atoms with van der Waals surface area (Å²) in [5, 5.41) is 12.4. The molecule has 1 saturated heterocycles. The summed E-state index contributed by atoms with van der Waals surface area (Å²) in [6, 6.07) is 7.26. The van der Waals surface area contributed by atoms with Gasteiger partial charge in [0.15, 0.2) is 0 Å². The number of aliphatic hydroxyl groups is 1. The molecule has 2 rings (SSSR count). The number of ether oxygens (including phenoxy) is 1. The summed E-state index contributed by atoms with van der Waals surface area (Å²) in [4.78, 5) is 27.1. The van der Waals surface area contributed by atoms with Gasteiger partial charge in [0, 0.05) is 31.5 Å². The van der Waals surface area contributed by atoms with Gasteiger partial charge < -0.3 is 20.1 Å². The van der Waals surface area contributed by atoms with E-state index in [2.05, 4.69) is 5.32 Å². The highest BCUT2D eigenvalue weighted by Gasteiger charge is 2.40. The molecule has 2 atom stereocenters. The van der Waals surface area contributed by atoms with Crippen LogP contribution in [0.3, 0.4) is 0 Å². The van der Waals surface area contributed by atoms with Gasteiger partial charge in [-0.1, -0.05) is 26.0 Å². The van der Waals surface area contributed by atoms with Crippen LogP contribution in [0.2, 0.25) is 0 Å². The minimum absolute atomic E-state index is 0.000569. The molecule has 144 valence electrons. The number of piperidine rings is 1. The van der Waals surface area contributed by atoms with Crippen LogP contribution in [0.1, 0.15) is 45.2 Å². The van der Waals surface area contributed by atoms with Crippen LogP contribution < -0.4 is 10.1 Å². The first-order valence-electron chi connectivity index (χ1n) is 9.15. The molecule has 1 aliphatic rings. The average Bonchev–Trinajstić information content (AvgIpc) is 2.66. The SMILES string of the molecule is CCN1C(=O)CC[C@@H](C(=O)NCC(C)(C)CO)[C@@H]1c1ccc(OC)cc1. The van der Waals surface area contributed by atoms with Crippen LogP contribution in [0.4, 0.5) is 0 Å². The lowest BCUT2D eigenvalue weighted by atomic mass is 9.83. The molecule has 0 saturated carbocycles. The van der Waals surface area contributed by atoms with Crippen LogP contribution in [-0.2, 0) is 9.59 Å². The number of nitrogens with zero attached hydrogens (tertiary/aromatic N) is 1. The number of rotatable bonds is 7. The normalized spacial score (nSPS) is 20.8. The van der Waals surface area contributed by atoms with Crippen molar-refractivity contribution in [3.8, 4) is 5.75 Å². The van der Waals surface area contributed by atoms with E-state index in [1.165, 1.54) is 0 Å². The zero-order chi connectivity index (χ0) is 19.3. The van der Waals surface area contributed by atoms with Crippen molar-refractivity contribution in [3.05, 3.63) is 29.8 Å². The van der Waals surface area contributed by atoms with E-state index in [0.717, 1.165) is 11.3 Å². The predicted molar refractivity (Wildman–Crippen MR) is 99.7 cm³/mol. The van der Waals surface area contributed by atoms with Crippen LogP contribution in [-0.4, -0.2) is 48.6 Å². The van der Waals surface area contributed by atoms with Gasteiger partial charge in [0.25, 0.3) is 0 Å². The van der Waals surface area contributed by atoms with Crippen LogP contribution in [0, 0.1) is 11.3 Å². The highest BCUT2D eigenvalue weighted by Crippen LogP contribution is 2.37. The summed E-state index contributed by atoms with van der Waals surface area (Å²) < 4.78 is 5.21. The molecule has 0 radical (unpaired) electrons. The molecular weight excluding hydrogens is 332 g/mol. The molecule has 6 heteroatoms. The molecule has 1 aromatic carbocycles. The quantitative estimate of drug-likeness (QED) is 0.779. The van der Waals surface area contributed by atoms with E-state index in [-0.39, 0.29) is 35.8 Å². The Morgan fingerprint density at radius 1 is 1.35 bits per heavy atom. The third-order valence-electron chi connectivity index (χ3n) is 5.01. The predicted octanol–water partition coefficient (Wildman–Crippen LogP) is 2.13. The second-order valence-electron chi connectivity index (χ2n) is 7.58. The van der Waals surface area contributed by atoms with E-state index in [9.17, 15) is 14.7 Å². The number of hydrogen-bond acceptors (Lipinski definition) is 4. The number of likely N-dealkylation sites (tertiary alicyclic amines) is 1. The molecule has 2 N–H and O–H groups in total. The Kier molecular flexibility index (Phi) is 6.64. The Hall–Kier alpha value is -2.08. The Morgan fingerprint density at radius 2 is 2.00 bits per heavy atom. The third kappa shape index (κ3) is 4.55. The summed E-state index contributed by atoms with van der Waals surface area (Å²) in [7, 11) is 1.61. The van der Waals surface area contributed by atoms with Gasteiger partial charge in [-0.05, 0) is 31.0 Å². The van der Waals surface area contributed by atoms with Crippen LogP contribution in [0.5, 0.6) is 5.75 Å². The van der Waals surface area contributed by atoms with E-state index in [1.807, 2.05) is 45.0 Å². The minimum atomic E-state index is -0.375. The van der Waals surface area contributed by atoms with E-state index in [0.29, 0.717) is 25.9 Å². The standard InChI is InChI=1S/C20H30N2O4/c1-5-22-17(24)11-10-16(19(25)21-12-20(2,3)13-23)18(22)14-6-8-15(26-4)9-7-14/h6-9,16,18,23H,5,10-13H2,1-4H3,(H,21,25)/t16-,18+/m1/s1. The summed E-state index contributed by atoms with van der Waals surface area (Å²) >= 11 is 0. The van der Waals surface area contributed by atoms with E-state index >= 15 is 0 Å². The van der Waals surface area contributed by atoms with E-state index in [1.54, 1.807) is 12.0 Å². The van der Waals surface area contributed by atoms with Crippen molar-refractivity contribution in [1.82, 2.24) is 10.2 Å². The van der Waals surface area contributed by atoms with Gasteiger partial charge in [0.1, 0.15) is 5.75 Å². The number of carbonyl (C=O) groups excluding carboxylic acids is 2. The highest BCUT2D eigenvalue weighted by atomic mass is 16.5. The van der Waals surface area contributed by atoms with Crippen molar-refractivity contribution in [3.63, 3.8) is 0 Å². The summed E-state index contributed by atoms with van der Waals surface area (Å²) in [5.41, 5.74) is 0.558. The maximum absolute atomic E-state index is 12.9. The molecule has 0 aliphatic carbocycles. The summed E-state index contributed by atoms with van der Waals surface area (Å²) in [6.45, 7) is 6.69. The number of aliphatic hydroxyl groups excluding tert-OH is 1. The monoisotopic (exact) mass is 362 g/mol. The van der Waals surface area contributed by atoms with Crippen molar-refractivity contribution < 1.29 is 19.4 Å². The third-order valence-corrected chi connectivity index (χ3v) is 5.01. The molecule has 2 amide bonds. The van der Waals surface area contributed by atoms with Gasteiger partial charge in [0.05, 0.1) is 19.1 Å². The van der Waals surface area contributed by atoms with E-state index in [4.69, 9.17) is 4.74 Å². The Bertz CT molecular complexity index is 627. The van der Waals surface area contributed by atoms with Gasteiger partial charge in [-0.25, -0.2) is 0 Å². The van der Waals surface area contributed by atoms with Gasteiger partial charge >= 0.3 is 0 Å². The first-order valence-corrected chi connectivity index (χ1v) is 9.15. The number of benzene rings is 1. The number of carbonyl (C=O) groups is 2. The number of hydrogen-bond donors (Lipinski definition) is 2. The molecule has 1 heterocycles. The lowest BCUT2D eigenvalue weighted by Gasteiger charge is -2.40.